The Morgan fingerprint density at radius 3 is 2.80 bits per heavy atom. The summed E-state index contributed by atoms with van der Waals surface area (Å²) in [5.74, 6) is 0.766. The summed E-state index contributed by atoms with van der Waals surface area (Å²) in [6.07, 6.45) is 4.96. The summed E-state index contributed by atoms with van der Waals surface area (Å²) in [7, 11) is 0. The van der Waals surface area contributed by atoms with Gasteiger partial charge in [0, 0.05) is 36.8 Å². The van der Waals surface area contributed by atoms with Gasteiger partial charge in [-0.1, -0.05) is 23.7 Å². The zero-order valence-electron chi connectivity index (χ0n) is 14.0. The smallest absolute Gasteiger partial charge is 0.278 e. The summed E-state index contributed by atoms with van der Waals surface area (Å²) in [5.41, 5.74) is 0.973. The van der Waals surface area contributed by atoms with Crippen molar-refractivity contribution >= 4 is 23.6 Å². The molecular formula is C17H21ClN4O3. The molecule has 2 aliphatic heterocycles. The van der Waals surface area contributed by atoms with E-state index in [9.17, 15) is 10.1 Å². The molecule has 0 aliphatic carbocycles. The lowest BCUT2D eigenvalue weighted by atomic mass is 10.1. The monoisotopic (exact) mass is 364 g/mol. The van der Waals surface area contributed by atoms with Gasteiger partial charge >= 0.3 is 0 Å². The Balaban J connectivity index is 1.70. The normalized spacial score (nSPS) is 25.4. The highest BCUT2D eigenvalue weighted by Crippen LogP contribution is 2.22. The van der Waals surface area contributed by atoms with Crippen LogP contribution in [0.15, 0.2) is 35.6 Å². The molecule has 25 heavy (non-hydrogen) atoms. The molecule has 0 amide bonds. The molecule has 0 bridgehead atoms. The molecule has 1 aromatic carbocycles. The van der Waals surface area contributed by atoms with Crippen LogP contribution in [0.1, 0.15) is 18.9 Å². The van der Waals surface area contributed by atoms with E-state index in [0.29, 0.717) is 36.6 Å². The summed E-state index contributed by atoms with van der Waals surface area (Å²) in [4.78, 5) is 14.7. The van der Waals surface area contributed by atoms with Crippen molar-refractivity contribution in [2.24, 2.45) is 11.0 Å². The molecular weight excluding hydrogens is 344 g/mol. The largest absolute Gasteiger partial charge is 0.378 e. The maximum absolute atomic E-state index is 10.9. The summed E-state index contributed by atoms with van der Waals surface area (Å²) < 4.78 is 5.60. The topological polar surface area (TPSA) is 71.2 Å². The van der Waals surface area contributed by atoms with E-state index in [1.165, 1.54) is 0 Å². The van der Waals surface area contributed by atoms with Gasteiger partial charge in [-0.2, -0.15) is 0 Å². The molecule has 3 rings (SSSR count). The van der Waals surface area contributed by atoms with Crippen LogP contribution < -0.4 is 0 Å². The van der Waals surface area contributed by atoms with Crippen LogP contribution in [0, 0.1) is 16.0 Å². The Morgan fingerprint density at radius 1 is 1.40 bits per heavy atom. The molecule has 0 spiro atoms. The molecule has 2 atom stereocenters. The predicted molar refractivity (Wildman–Crippen MR) is 96.7 cm³/mol. The van der Waals surface area contributed by atoms with Gasteiger partial charge in [0.15, 0.2) is 5.03 Å². The average Bonchev–Trinajstić information content (AvgIpc) is 3.14. The number of rotatable bonds is 5. The van der Waals surface area contributed by atoms with Crippen molar-refractivity contribution in [3.05, 3.63) is 51.2 Å². The first kappa shape index (κ1) is 17.7. The number of hydrogen-bond acceptors (Lipinski definition) is 3. The number of halogens is 1. The highest BCUT2D eigenvalue weighted by atomic mass is 35.5. The summed E-state index contributed by atoms with van der Waals surface area (Å²) in [5, 5.41) is 14.6. The number of guanidine groups is 1. The average molecular weight is 365 g/mol. The summed E-state index contributed by atoms with van der Waals surface area (Å²) >= 11 is 5.88. The molecule has 7 nitrogen and oxygen atoms in total. The van der Waals surface area contributed by atoms with Gasteiger partial charge in [-0.05, 0) is 37.1 Å². The third kappa shape index (κ3) is 4.70. The maximum atomic E-state index is 10.9. The van der Waals surface area contributed by atoms with Gasteiger partial charge in [0.2, 0.25) is 0 Å². The number of ether oxygens (including phenoxy) is 1. The van der Waals surface area contributed by atoms with Crippen molar-refractivity contribution in [1.29, 1.82) is 0 Å². The van der Waals surface area contributed by atoms with E-state index in [2.05, 4.69) is 12.0 Å². The molecule has 0 radical (unpaired) electrons. The molecule has 2 heterocycles. The Bertz CT molecular complexity index is 677. The van der Waals surface area contributed by atoms with Crippen LogP contribution in [0.5, 0.6) is 0 Å². The van der Waals surface area contributed by atoms with Gasteiger partial charge in [0.05, 0.1) is 12.7 Å². The Hall–Kier alpha value is -2.12. The van der Waals surface area contributed by atoms with Crippen LogP contribution in [0.2, 0.25) is 5.02 Å². The molecule has 2 unspecified atom stereocenters. The second kappa shape index (κ2) is 7.84. The second-order valence-electron chi connectivity index (χ2n) is 6.39. The number of nitro groups is 1. The molecule has 0 saturated carbocycles. The third-order valence-electron chi connectivity index (χ3n) is 4.40. The van der Waals surface area contributed by atoms with E-state index >= 15 is 0 Å². The maximum Gasteiger partial charge on any atom is 0.278 e. The SMILES string of the molecule is CC1CC(CN2CCN(C=Cc3ccc(Cl)cc3)C2=N[N+](=O)[O-])CO1. The Kier molecular flexibility index (Phi) is 5.55. The van der Waals surface area contributed by atoms with Crippen molar-refractivity contribution < 1.29 is 9.77 Å². The molecule has 1 aromatic rings. The van der Waals surface area contributed by atoms with Gasteiger partial charge in [-0.25, -0.2) is 10.1 Å². The second-order valence-corrected chi connectivity index (χ2v) is 6.83. The molecule has 2 saturated heterocycles. The third-order valence-corrected chi connectivity index (χ3v) is 4.65. The van der Waals surface area contributed by atoms with Crippen LogP contribution in [0.3, 0.4) is 0 Å². The minimum atomic E-state index is -0.634. The number of hydrogen-bond donors (Lipinski definition) is 0. The van der Waals surface area contributed by atoms with Crippen LogP contribution in [-0.2, 0) is 4.74 Å². The Morgan fingerprint density at radius 2 is 2.16 bits per heavy atom. The van der Waals surface area contributed by atoms with Gasteiger partial charge in [-0.15, -0.1) is 0 Å². The lowest BCUT2D eigenvalue weighted by molar-refractivity contribution is -0.486. The molecule has 2 fully saturated rings. The van der Waals surface area contributed by atoms with E-state index in [0.717, 1.165) is 18.5 Å². The lowest BCUT2D eigenvalue weighted by Gasteiger charge is -2.21. The van der Waals surface area contributed by atoms with Crippen LogP contribution >= 0.6 is 11.6 Å². The first-order chi connectivity index (χ1) is 12.0. The van der Waals surface area contributed by atoms with Crippen LogP contribution in [-0.4, -0.2) is 53.1 Å². The quantitative estimate of drug-likeness (QED) is 0.593. The fraction of sp³-hybridized carbons (Fsp3) is 0.471. The fourth-order valence-electron chi connectivity index (χ4n) is 3.21. The molecule has 2 aliphatic rings. The minimum absolute atomic E-state index is 0.254. The van der Waals surface area contributed by atoms with Crippen LogP contribution in [0.25, 0.3) is 6.08 Å². The summed E-state index contributed by atoms with van der Waals surface area (Å²) in [6.45, 7) is 4.85. The fourth-order valence-corrected chi connectivity index (χ4v) is 3.34. The highest BCUT2D eigenvalue weighted by Gasteiger charge is 2.32. The van der Waals surface area contributed by atoms with E-state index in [1.54, 1.807) is 0 Å². The number of benzene rings is 1. The van der Waals surface area contributed by atoms with Crippen molar-refractivity contribution in [3.63, 3.8) is 0 Å². The number of nitrogens with zero attached hydrogens (tertiary/aromatic N) is 4. The van der Waals surface area contributed by atoms with Crippen molar-refractivity contribution in [2.75, 3.05) is 26.2 Å². The molecule has 0 N–H and O–H groups in total. The first-order valence-electron chi connectivity index (χ1n) is 8.31. The van der Waals surface area contributed by atoms with Gasteiger partial charge < -0.3 is 14.5 Å². The lowest BCUT2D eigenvalue weighted by Crippen LogP contribution is -2.35. The van der Waals surface area contributed by atoms with Gasteiger partial charge in [-0.3, -0.25) is 0 Å². The summed E-state index contributed by atoms with van der Waals surface area (Å²) in [6, 6.07) is 7.41. The van der Waals surface area contributed by atoms with Crippen molar-refractivity contribution in [2.45, 2.75) is 19.4 Å². The zero-order chi connectivity index (χ0) is 17.8. The van der Waals surface area contributed by atoms with Crippen LogP contribution in [0.4, 0.5) is 0 Å². The molecule has 0 aromatic heterocycles. The highest BCUT2D eigenvalue weighted by molar-refractivity contribution is 6.30. The Labute approximate surface area is 151 Å². The minimum Gasteiger partial charge on any atom is -0.378 e. The van der Waals surface area contributed by atoms with E-state index in [1.807, 2.05) is 46.3 Å². The van der Waals surface area contributed by atoms with Crippen molar-refractivity contribution in [3.8, 4) is 0 Å². The zero-order valence-corrected chi connectivity index (χ0v) is 14.8. The van der Waals surface area contributed by atoms with E-state index in [4.69, 9.17) is 16.3 Å². The number of hydrazone groups is 1. The predicted octanol–water partition coefficient (Wildman–Crippen LogP) is 2.90. The van der Waals surface area contributed by atoms with Gasteiger partial charge in [0.25, 0.3) is 5.96 Å². The molecule has 8 heteroatoms. The van der Waals surface area contributed by atoms with Crippen molar-refractivity contribution in [1.82, 2.24) is 9.80 Å². The molecule has 134 valence electrons. The van der Waals surface area contributed by atoms with E-state index < -0.39 is 5.03 Å². The van der Waals surface area contributed by atoms with Gasteiger partial charge in [0.1, 0.15) is 5.10 Å². The first-order valence-corrected chi connectivity index (χ1v) is 8.69. The standard InChI is InChI=1S/C17H21ClN4O3/c1-13-10-15(12-25-13)11-21-9-8-20(17(21)19-22(23)24)7-6-14-2-4-16(18)5-3-14/h2-7,13,15H,8-12H2,1H3. The van der Waals surface area contributed by atoms with E-state index in [-0.39, 0.29) is 6.10 Å².